The third-order valence-electron chi connectivity index (χ3n) is 3.93. The van der Waals surface area contributed by atoms with E-state index in [-0.39, 0.29) is 6.61 Å². The Balaban J connectivity index is 1.89. The molecule has 0 bridgehead atoms. The van der Waals surface area contributed by atoms with Crippen LogP contribution in [0.15, 0.2) is 18.2 Å². The molecule has 1 aromatic rings. The van der Waals surface area contributed by atoms with Gasteiger partial charge >= 0.3 is 0 Å². The van der Waals surface area contributed by atoms with Gasteiger partial charge in [0.25, 0.3) is 0 Å². The van der Waals surface area contributed by atoms with E-state index >= 15 is 0 Å². The molecule has 0 heterocycles. The number of aliphatic hydroxyl groups is 2. The van der Waals surface area contributed by atoms with Gasteiger partial charge < -0.3 is 14.9 Å². The zero-order valence-electron chi connectivity index (χ0n) is 11.9. The summed E-state index contributed by atoms with van der Waals surface area (Å²) in [6, 6.07) is 5.17. The molecule has 20 heavy (non-hydrogen) atoms. The molecule has 2 N–H and O–H groups in total. The third-order valence-corrected chi connectivity index (χ3v) is 4.17. The van der Waals surface area contributed by atoms with Crippen LogP contribution in [0.5, 0.6) is 5.75 Å². The summed E-state index contributed by atoms with van der Waals surface area (Å²) >= 11 is 5.92. The van der Waals surface area contributed by atoms with E-state index in [0.29, 0.717) is 22.3 Å². The Morgan fingerprint density at radius 1 is 1.30 bits per heavy atom. The Morgan fingerprint density at radius 3 is 2.65 bits per heavy atom. The summed E-state index contributed by atoms with van der Waals surface area (Å²) in [7, 11) is 0. The molecule has 0 spiro atoms. The minimum Gasteiger partial charge on any atom is -0.491 e. The SMILES string of the molecule is C[C@H](O)c1cc(Cl)ccc1OCC(O)CC1CCCC1. The maximum atomic E-state index is 10.0. The van der Waals surface area contributed by atoms with Crippen LogP contribution in [0.25, 0.3) is 0 Å². The molecule has 1 unspecified atom stereocenters. The normalized spacial score (nSPS) is 19.0. The van der Waals surface area contributed by atoms with Crippen LogP contribution in [0.2, 0.25) is 5.02 Å². The van der Waals surface area contributed by atoms with Crippen molar-refractivity contribution in [1.29, 1.82) is 0 Å². The van der Waals surface area contributed by atoms with E-state index in [1.165, 1.54) is 25.7 Å². The minimum absolute atomic E-state index is 0.262. The van der Waals surface area contributed by atoms with Crippen molar-refractivity contribution in [3.63, 3.8) is 0 Å². The Kier molecular flexibility index (Phi) is 5.70. The maximum absolute atomic E-state index is 10.0. The van der Waals surface area contributed by atoms with E-state index in [4.69, 9.17) is 16.3 Å². The average molecular weight is 299 g/mol. The highest BCUT2D eigenvalue weighted by Crippen LogP contribution is 2.30. The number of hydrogen-bond acceptors (Lipinski definition) is 3. The van der Waals surface area contributed by atoms with Gasteiger partial charge in [-0.3, -0.25) is 0 Å². The van der Waals surface area contributed by atoms with Crippen molar-refractivity contribution < 1.29 is 14.9 Å². The molecular weight excluding hydrogens is 276 g/mol. The standard InChI is InChI=1S/C16H23ClO3/c1-11(18)15-9-13(17)6-7-16(15)20-10-14(19)8-12-4-2-3-5-12/h6-7,9,11-12,14,18-19H,2-5,8,10H2,1H3/t11-,14?/m0/s1. The van der Waals surface area contributed by atoms with Crippen LogP contribution >= 0.6 is 11.6 Å². The summed E-state index contributed by atoms with van der Waals surface area (Å²) in [4.78, 5) is 0. The van der Waals surface area contributed by atoms with Crippen molar-refractivity contribution >= 4 is 11.6 Å². The Labute approximate surface area is 125 Å². The molecule has 1 aliphatic rings. The number of aliphatic hydroxyl groups excluding tert-OH is 2. The second-order valence-corrected chi connectivity index (χ2v) is 6.15. The molecule has 0 radical (unpaired) electrons. The second-order valence-electron chi connectivity index (χ2n) is 5.71. The first-order valence-corrected chi connectivity index (χ1v) is 7.72. The van der Waals surface area contributed by atoms with Crippen molar-refractivity contribution in [2.45, 2.75) is 51.2 Å². The van der Waals surface area contributed by atoms with E-state index < -0.39 is 12.2 Å². The monoisotopic (exact) mass is 298 g/mol. The number of hydrogen-bond donors (Lipinski definition) is 2. The summed E-state index contributed by atoms with van der Waals surface area (Å²) in [6.45, 7) is 1.94. The maximum Gasteiger partial charge on any atom is 0.125 e. The number of ether oxygens (including phenoxy) is 1. The fourth-order valence-corrected chi connectivity index (χ4v) is 3.04. The first-order valence-electron chi connectivity index (χ1n) is 7.34. The van der Waals surface area contributed by atoms with Crippen molar-refractivity contribution in [1.82, 2.24) is 0 Å². The number of benzene rings is 1. The topological polar surface area (TPSA) is 49.7 Å². The molecule has 0 saturated heterocycles. The fraction of sp³-hybridized carbons (Fsp3) is 0.625. The fourth-order valence-electron chi connectivity index (χ4n) is 2.86. The highest BCUT2D eigenvalue weighted by Gasteiger charge is 2.19. The molecule has 3 nitrogen and oxygen atoms in total. The molecular formula is C16H23ClO3. The summed E-state index contributed by atoms with van der Waals surface area (Å²) < 4.78 is 5.66. The molecule has 1 aromatic carbocycles. The van der Waals surface area contributed by atoms with Gasteiger partial charge in [-0.1, -0.05) is 37.3 Å². The predicted octanol–water partition coefficient (Wildman–Crippen LogP) is 3.71. The smallest absolute Gasteiger partial charge is 0.125 e. The largest absolute Gasteiger partial charge is 0.491 e. The highest BCUT2D eigenvalue weighted by atomic mass is 35.5. The molecule has 2 rings (SSSR count). The molecule has 1 fully saturated rings. The Morgan fingerprint density at radius 2 is 2.00 bits per heavy atom. The summed E-state index contributed by atoms with van der Waals surface area (Å²) in [5, 5.41) is 20.3. The first kappa shape index (κ1) is 15.6. The van der Waals surface area contributed by atoms with Crippen molar-refractivity contribution in [2.75, 3.05) is 6.61 Å². The van der Waals surface area contributed by atoms with Gasteiger partial charge in [0.2, 0.25) is 0 Å². The first-order chi connectivity index (χ1) is 9.56. The predicted molar refractivity (Wildman–Crippen MR) is 80.2 cm³/mol. The number of rotatable bonds is 6. The molecule has 2 atom stereocenters. The molecule has 0 aliphatic heterocycles. The van der Waals surface area contributed by atoms with Crippen LogP contribution in [0.3, 0.4) is 0 Å². The lowest BCUT2D eigenvalue weighted by atomic mass is 10.0. The quantitative estimate of drug-likeness (QED) is 0.841. The van der Waals surface area contributed by atoms with Gasteiger partial charge in [-0.2, -0.15) is 0 Å². The average Bonchev–Trinajstić information content (AvgIpc) is 2.90. The molecule has 4 heteroatoms. The van der Waals surface area contributed by atoms with Gasteiger partial charge in [-0.25, -0.2) is 0 Å². The van der Waals surface area contributed by atoms with Gasteiger partial charge in [0.15, 0.2) is 0 Å². The molecule has 0 amide bonds. The lowest BCUT2D eigenvalue weighted by Crippen LogP contribution is -2.21. The zero-order valence-corrected chi connectivity index (χ0v) is 12.6. The van der Waals surface area contributed by atoms with E-state index in [1.807, 2.05) is 0 Å². The number of halogens is 1. The van der Waals surface area contributed by atoms with Gasteiger partial charge in [0.05, 0.1) is 12.2 Å². The second kappa shape index (κ2) is 7.30. The van der Waals surface area contributed by atoms with Crippen LogP contribution in [0.1, 0.15) is 50.7 Å². The zero-order chi connectivity index (χ0) is 14.5. The van der Waals surface area contributed by atoms with Crippen LogP contribution in [-0.2, 0) is 0 Å². The summed E-state index contributed by atoms with van der Waals surface area (Å²) in [5.41, 5.74) is 0.658. The summed E-state index contributed by atoms with van der Waals surface area (Å²) in [6.07, 6.45) is 4.71. The van der Waals surface area contributed by atoms with Crippen LogP contribution in [0, 0.1) is 5.92 Å². The Bertz CT molecular complexity index is 428. The molecule has 0 aromatic heterocycles. The highest BCUT2D eigenvalue weighted by molar-refractivity contribution is 6.30. The van der Waals surface area contributed by atoms with E-state index in [0.717, 1.165) is 6.42 Å². The van der Waals surface area contributed by atoms with Crippen molar-refractivity contribution in [3.05, 3.63) is 28.8 Å². The van der Waals surface area contributed by atoms with Crippen LogP contribution < -0.4 is 4.74 Å². The third kappa shape index (κ3) is 4.37. The van der Waals surface area contributed by atoms with Gasteiger partial charge in [0, 0.05) is 10.6 Å². The lowest BCUT2D eigenvalue weighted by Gasteiger charge is -2.18. The minimum atomic E-state index is -0.643. The lowest BCUT2D eigenvalue weighted by molar-refractivity contribution is 0.0832. The van der Waals surface area contributed by atoms with Crippen LogP contribution in [0.4, 0.5) is 0 Å². The van der Waals surface area contributed by atoms with E-state index in [9.17, 15) is 10.2 Å². The van der Waals surface area contributed by atoms with Crippen molar-refractivity contribution in [3.8, 4) is 5.75 Å². The van der Waals surface area contributed by atoms with Gasteiger partial charge in [-0.05, 0) is 37.5 Å². The molecule has 1 aliphatic carbocycles. The van der Waals surface area contributed by atoms with Crippen LogP contribution in [-0.4, -0.2) is 22.9 Å². The Hall–Kier alpha value is -0.770. The molecule has 1 saturated carbocycles. The van der Waals surface area contributed by atoms with Crippen molar-refractivity contribution in [2.24, 2.45) is 5.92 Å². The van der Waals surface area contributed by atoms with E-state index in [1.54, 1.807) is 25.1 Å². The van der Waals surface area contributed by atoms with Gasteiger partial charge in [0.1, 0.15) is 12.4 Å². The molecule has 112 valence electrons. The summed E-state index contributed by atoms with van der Waals surface area (Å²) in [5.74, 6) is 1.23. The van der Waals surface area contributed by atoms with Gasteiger partial charge in [-0.15, -0.1) is 0 Å². The van der Waals surface area contributed by atoms with E-state index in [2.05, 4.69) is 0 Å².